The van der Waals surface area contributed by atoms with E-state index in [0.29, 0.717) is 25.0 Å². The van der Waals surface area contributed by atoms with Gasteiger partial charge in [0, 0.05) is 11.5 Å². The summed E-state index contributed by atoms with van der Waals surface area (Å²) in [6, 6.07) is 14.9. The van der Waals surface area contributed by atoms with Gasteiger partial charge in [-0.2, -0.15) is 0 Å². The predicted molar refractivity (Wildman–Crippen MR) is 106 cm³/mol. The largest absolute Gasteiger partial charge is 0.494 e. The molecule has 26 heavy (non-hydrogen) atoms. The minimum atomic E-state index is 0.193. The molecule has 134 valence electrons. The van der Waals surface area contributed by atoms with Crippen LogP contribution in [0.25, 0.3) is 0 Å². The summed E-state index contributed by atoms with van der Waals surface area (Å²) in [5.74, 6) is 2.74. The quantitative estimate of drug-likeness (QED) is 0.702. The van der Waals surface area contributed by atoms with Crippen molar-refractivity contribution in [1.29, 1.82) is 0 Å². The van der Waals surface area contributed by atoms with Crippen molar-refractivity contribution in [3.63, 3.8) is 0 Å². The predicted octanol–water partition coefficient (Wildman–Crippen LogP) is 5.48. The SMILES string of the molecule is C=CCOc1cccc2c1NC(c1ccccc1OCC)C1CC=CC21. The summed E-state index contributed by atoms with van der Waals surface area (Å²) >= 11 is 0. The number of benzene rings is 2. The third-order valence-corrected chi connectivity index (χ3v) is 5.27. The van der Waals surface area contributed by atoms with Crippen LogP contribution in [0.2, 0.25) is 0 Å². The van der Waals surface area contributed by atoms with Crippen LogP contribution in [0.1, 0.15) is 36.4 Å². The fraction of sp³-hybridized carbons (Fsp3) is 0.304. The standard InChI is InChI=1S/C23H25NO2/c1-3-15-26-21-14-8-12-18-16-10-7-11-17(16)22(24-23(18)21)19-9-5-6-13-20(19)25-4-2/h3,5-10,12-14,16-17,22,24H,1,4,11,15H2,2H3. The van der Waals surface area contributed by atoms with Gasteiger partial charge in [0.2, 0.25) is 0 Å². The molecule has 3 nitrogen and oxygen atoms in total. The first kappa shape index (κ1) is 16.8. The van der Waals surface area contributed by atoms with Crippen molar-refractivity contribution in [1.82, 2.24) is 0 Å². The molecule has 0 saturated carbocycles. The van der Waals surface area contributed by atoms with Gasteiger partial charge in [-0.3, -0.25) is 0 Å². The monoisotopic (exact) mass is 347 g/mol. The van der Waals surface area contributed by atoms with Crippen molar-refractivity contribution in [3.05, 3.63) is 78.4 Å². The molecule has 2 aromatic rings. The van der Waals surface area contributed by atoms with Gasteiger partial charge in [-0.15, -0.1) is 0 Å². The molecule has 1 N–H and O–H groups in total. The average Bonchev–Trinajstić information content (AvgIpc) is 3.17. The molecule has 0 bridgehead atoms. The van der Waals surface area contributed by atoms with Crippen molar-refractivity contribution in [2.75, 3.05) is 18.5 Å². The van der Waals surface area contributed by atoms with Gasteiger partial charge in [-0.1, -0.05) is 55.1 Å². The highest BCUT2D eigenvalue weighted by molar-refractivity contribution is 5.68. The molecule has 3 heteroatoms. The van der Waals surface area contributed by atoms with E-state index < -0.39 is 0 Å². The van der Waals surface area contributed by atoms with Crippen molar-refractivity contribution in [3.8, 4) is 11.5 Å². The average molecular weight is 347 g/mol. The second-order valence-electron chi connectivity index (χ2n) is 6.77. The summed E-state index contributed by atoms with van der Waals surface area (Å²) in [6.45, 7) is 6.96. The maximum Gasteiger partial charge on any atom is 0.143 e. The number of hydrogen-bond donors (Lipinski definition) is 1. The number of anilines is 1. The Hall–Kier alpha value is -2.68. The Morgan fingerprint density at radius 2 is 1.88 bits per heavy atom. The maximum absolute atomic E-state index is 5.93. The second kappa shape index (κ2) is 7.28. The Bertz CT molecular complexity index is 827. The van der Waals surface area contributed by atoms with Crippen LogP contribution >= 0.6 is 0 Å². The van der Waals surface area contributed by atoms with Gasteiger partial charge in [-0.25, -0.2) is 0 Å². The zero-order chi connectivity index (χ0) is 17.9. The molecule has 0 fully saturated rings. The van der Waals surface area contributed by atoms with Gasteiger partial charge in [0.25, 0.3) is 0 Å². The third kappa shape index (κ3) is 2.88. The Labute approximate surface area is 155 Å². The molecule has 3 unspecified atom stereocenters. The van der Waals surface area contributed by atoms with E-state index in [-0.39, 0.29) is 6.04 Å². The van der Waals surface area contributed by atoms with Crippen LogP contribution in [-0.2, 0) is 0 Å². The Balaban J connectivity index is 1.77. The first-order chi connectivity index (χ1) is 12.8. The third-order valence-electron chi connectivity index (χ3n) is 5.27. The lowest BCUT2D eigenvalue weighted by molar-refractivity contribution is 0.325. The highest BCUT2D eigenvalue weighted by atomic mass is 16.5. The van der Waals surface area contributed by atoms with Crippen molar-refractivity contribution >= 4 is 5.69 Å². The van der Waals surface area contributed by atoms with Crippen LogP contribution in [0, 0.1) is 5.92 Å². The first-order valence-electron chi connectivity index (χ1n) is 9.35. The van der Waals surface area contributed by atoms with Crippen LogP contribution in [0.4, 0.5) is 5.69 Å². The Kier molecular flexibility index (Phi) is 4.70. The van der Waals surface area contributed by atoms with Crippen molar-refractivity contribution in [2.24, 2.45) is 5.92 Å². The van der Waals surface area contributed by atoms with Crippen molar-refractivity contribution in [2.45, 2.75) is 25.3 Å². The van der Waals surface area contributed by atoms with Gasteiger partial charge < -0.3 is 14.8 Å². The van der Waals surface area contributed by atoms with Gasteiger partial charge in [-0.05, 0) is 37.0 Å². The summed E-state index contributed by atoms with van der Waals surface area (Å²) in [4.78, 5) is 0. The fourth-order valence-corrected chi connectivity index (χ4v) is 4.19. The summed E-state index contributed by atoms with van der Waals surface area (Å²) in [5, 5.41) is 3.78. The van der Waals surface area contributed by atoms with Gasteiger partial charge >= 0.3 is 0 Å². The molecule has 2 aliphatic rings. The second-order valence-corrected chi connectivity index (χ2v) is 6.77. The summed E-state index contributed by atoms with van der Waals surface area (Å²) in [5.41, 5.74) is 3.63. The smallest absolute Gasteiger partial charge is 0.143 e. The molecular formula is C23H25NO2. The topological polar surface area (TPSA) is 30.5 Å². The number of rotatable bonds is 6. The van der Waals surface area contributed by atoms with Crippen LogP contribution in [0.5, 0.6) is 11.5 Å². The van der Waals surface area contributed by atoms with E-state index in [9.17, 15) is 0 Å². The summed E-state index contributed by atoms with van der Waals surface area (Å²) in [7, 11) is 0. The molecule has 0 aromatic heterocycles. The van der Waals surface area contributed by atoms with E-state index in [0.717, 1.165) is 23.6 Å². The summed E-state index contributed by atoms with van der Waals surface area (Å²) in [6.07, 6.45) is 7.50. The highest BCUT2D eigenvalue weighted by Crippen LogP contribution is 2.53. The van der Waals surface area contributed by atoms with Crippen LogP contribution < -0.4 is 14.8 Å². The number of para-hydroxylation sites is 2. The van der Waals surface area contributed by atoms with E-state index in [1.54, 1.807) is 6.08 Å². The van der Waals surface area contributed by atoms with Crippen LogP contribution in [0.15, 0.2) is 67.3 Å². The van der Waals surface area contributed by atoms with Gasteiger partial charge in [0.15, 0.2) is 0 Å². The summed E-state index contributed by atoms with van der Waals surface area (Å²) < 4.78 is 11.8. The lowest BCUT2D eigenvalue weighted by atomic mass is 9.76. The van der Waals surface area contributed by atoms with Gasteiger partial charge in [0.1, 0.15) is 18.1 Å². The number of hydrogen-bond acceptors (Lipinski definition) is 3. The minimum absolute atomic E-state index is 0.193. The molecule has 1 aliphatic carbocycles. The maximum atomic E-state index is 5.93. The van der Waals surface area contributed by atoms with Crippen LogP contribution in [-0.4, -0.2) is 13.2 Å². The van der Waals surface area contributed by atoms with E-state index >= 15 is 0 Å². The molecular weight excluding hydrogens is 322 g/mol. The van der Waals surface area contributed by atoms with Crippen molar-refractivity contribution < 1.29 is 9.47 Å². The number of ether oxygens (including phenoxy) is 2. The number of nitrogens with one attached hydrogen (secondary N) is 1. The van der Waals surface area contributed by atoms with E-state index in [4.69, 9.17) is 9.47 Å². The zero-order valence-electron chi connectivity index (χ0n) is 15.2. The molecule has 0 spiro atoms. The fourth-order valence-electron chi connectivity index (χ4n) is 4.19. The molecule has 0 radical (unpaired) electrons. The molecule has 0 saturated heterocycles. The lowest BCUT2D eigenvalue weighted by Gasteiger charge is -2.38. The molecule has 1 aliphatic heterocycles. The molecule has 1 heterocycles. The Morgan fingerprint density at radius 1 is 1.08 bits per heavy atom. The van der Waals surface area contributed by atoms with E-state index in [1.807, 2.05) is 19.1 Å². The molecule has 3 atom stereocenters. The van der Waals surface area contributed by atoms with E-state index in [2.05, 4.69) is 54.4 Å². The Morgan fingerprint density at radius 3 is 2.73 bits per heavy atom. The zero-order valence-corrected chi connectivity index (χ0v) is 15.2. The highest BCUT2D eigenvalue weighted by Gasteiger charge is 2.39. The first-order valence-corrected chi connectivity index (χ1v) is 9.35. The number of allylic oxidation sites excluding steroid dienone is 2. The molecule has 2 aromatic carbocycles. The normalized spacial score (nSPS) is 22.9. The van der Waals surface area contributed by atoms with Gasteiger partial charge in [0.05, 0.1) is 18.3 Å². The minimum Gasteiger partial charge on any atom is -0.494 e. The van der Waals surface area contributed by atoms with Crippen LogP contribution in [0.3, 0.4) is 0 Å². The number of fused-ring (bicyclic) bond motifs is 3. The molecule has 4 rings (SSSR count). The van der Waals surface area contributed by atoms with E-state index in [1.165, 1.54) is 11.1 Å². The molecule has 0 amide bonds. The lowest BCUT2D eigenvalue weighted by Crippen LogP contribution is -2.29.